The summed E-state index contributed by atoms with van der Waals surface area (Å²) in [4.78, 5) is 0. The molecule has 1 aliphatic rings. The highest BCUT2D eigenvalue weighted by Crippen LogP contribution is 2.40. The van der Waals surface area contributed by atoms with Crippen LogP contribution in [0.1, 0.15) is 16.7 Å². The summed E-state index contributed by atoms with van der Waals surface area (Å²) in [7, 11) is 0. The average Bonchev–Trinajstić information content (AvgIpc) is 2.46. The molecule has 4 rings (SSSR count). The van der Waals surface area contributed by atoms with Gasteiger partial charge in [-0.15, -0.1) is 0 Å². The van der Waals surface area contributed by atoms with E-state index < -0.39 is 0 Å². The summed E-state index contributed by atoms with van der Waals surface area (Å²) in [6.07, 6.45) is 3.42. The molecule has 19 heavy (non-hydrogen) atoms. The van der Waals surface area contributed by atoms with Gasteiger partial charge in [-0.3, -0.25) is 0 Å². The van der Waals surface area contributed by atoms with Gasteiger partial charge in [-0.1, -0.05) is 24.3 Å². The summed E-state index contributed by atoms with van der Waals surface area (Å²) >= 11 is 0. The fraction of sp³-hybridized carbons (Fsp3) is 0.105. The van der Waals surface area contributed by atoms with Crippen LogP contribution < -0.4 is 0 Å². The minimum Gasteiger partial charge on any atom is -0.0618 e. The maximum absolute atomic E-state index is 2.38. The van der Waals surface area contributed by atoms with Crippen molar-refractivity contribution in [2.24, 2.45) is 0 Å². The van der Waals surface area contributed by atoms with Crippen molar-refractivity contribution in [3.8, 4) is 11.1 Å². The Morgan fingerprint density at radius 1 is 0.947 bits per heavy atom. The van der Waals surface area contributed by atoms with Crippen LogP contribution in [0.25, 0.3) is 21.9 Å². The maximum Gasteiger partial charge on any atom is 0.146 e. The number of benzene rings is 3. The first-order valence-electron chi connectivity index (χ1n) is 6.78. The zero-order valence-corrected chi connectivity index (χ0v) is 11.0. The Bertz CT molecular complexity index is 781. The summed E-state index contributed by atoms with van der Waals surface area (Å²) in [6.45, 7) is 2.22. The highest BCUT2D eigenvalue weighted by molar-refractivity contribution is 5.96. The third-order valence-electron chi connectivity index (χ3n) is 4.10. The minimum atomic E-state index is 1.04. The Labute approximate surface area is 113 Å². The van der Waals surface area contributed by atoms with E-state index in [2.05, 4.69) is 67.9 Å². The molecule has 0 fully saturated rings. The normalized spacial score (nSPS) is 12.7. The minimum absolute atomic E-state index is 1.04. The van der Waals surface area contributed by atoms with E-state index in [9.17, 15) is 0 Å². The Balaban J connectivity index is 2.14. The molecule has 0 saturated heterocycles. The van der Waals surface area contributed by atoms with Crippen LogP contribution in [0.4, 0.5) is 0 Å². The molecule has 90 valence electrons. The lowest BCUT2D eigenvalue weighted by atomic mass is 9.81. The van der Waals surface area contributed by atoms with Crippen molar-refractivity contribution in [1.82, 2.24) is 0 Å². The molecule has 0 N–H and O–H groups in total. The van der Waals surface area contributed by atoms with E-state index in [1.54, 1.807) is 0 Å². The largest absolute Gasteiger partial charge is 0.146 e. The van der Waals surface area contributed by atoms with Gasteiger partial charge in [0.05, 0.1) is 10.9 Å². The van der Waals surface area contributed by atoms with E-state index in [0.717, 1.165) is 6.42 Å². The Morgan fingerprint density at radius 2 is 1.74 bits per heavy atom. The molecule has 0 nitrogen and oxygen atoms in total. The van der Waals surface area contributed by atoms with Gasteiger partial charge in [0.15, 0.2) is 0 Å². The van der Waals surface area contributed by atoms with Crippen molar-refractivity contribution in [1.29, 1.82) is 0 Å². The van der Waals surface area contributed by atoms with E-state index in [-0.39, 0.29) is 0 Å². The zero-order chi connectivity index (χ0) is 12.8. The molecule has 0 heterocycles. The third-order valence-corrected chi connectivity index (χ3v) is 4.10. The monoisotopic (exact) mass is 243 g/mol. The maximum atomic E-state index is 2.38. The van der Waals surface area contributed by atoms with Crippen molar-refractivity contribution in [3.05, 3.63) is 77.7 Å². The van der Waals surface area contributed by atoms with Gasteiger partial charge >= 0.3 is 0 Å². The average molecular weight is 243 g/mol. The van der Waals surface area contributed by atoms with Crippen LogP contribution in [-0.4, -0.2) is 0 Å². The van der Waals surface area contributed by atoms with E-state index in [0.29, 0.717) is 0 Å². The first kappa shape index (κ1) is 10.7. The second-order valence-electron chi connectivity index (χ2n) is 5.27. The molecule has 1 aliphatic carbocycles. The second-order valence-corrected chi connectivity index (χ2v) is 5.27. The summed E-state index contributed by atoms with van der Waals surface area (Å²) in [5.74, 6) is 0. The Morgan fingerprint density at radius 3 is 2.68 bits per heavy atom. The highest BCUT2D eigenvalue weighted by Gasteiger charge is 2.27. The Hall–Kier alpha value is -2.21. The standard InChI is InChI=1S/C19H15/c1-13-12-15-7-3-4-8-16(15)18-11-10-14-6-2-5-9-17(14)19(13)18/h2-9,11-12H,10H2,1H3/q+1. The predicted molar refractivity (Wildman–Crippen MR) is 81.2 cm³/mol. The first-order valence-corrected chi connectivity index (χ1v) is 6.78. The quantitative estimate of drug-likeness (QED) is 0.491. The number of fused-ring (bicyclic) bond motifs is 5. The SMILES string of the molecule is Cc1cc2ccccc2c2c1-c1ccccc1C[CH+]2. The van der Waals surface area contributed by atoms with Gasteiger partial charge in [0, 0.05) is 35.4 Å². The summed E-state index contributed by atoms with van der Waals surface area (Å²) in [5.41, 5.74) is 7.04. The lowest BCUT2D eigenvalue weighted by molar-refractivity contribution is 1.14. The Kier molecular flexibility index (Phi) is 2.19. The smallest absolute Gasteiger partial charge is 0.0618 e. The molecule has 3 aromatic rings. The summed E-state index contributed by atoms with van der Waals surface area (Å²) in [5, 5.41) is 2.71. The molecular weight excluding hydrogens is 228 g/mol. The second kappa shape index (κ2) is 3.89. The number of hydrogen-bond acceptors (Lipinski definition) is 0. The summed E-state index contributed by atoms with van der Waals surface area (Å²) < 4.78 is 0. The zero-order valence-electron chi connectivity index (χ0n) is 11.0. The lowest BCUT2D eigenvalue weighted by Crippen LogP contribution is -2.04. The lowest BCUT2D eigenvalue weighted by Gasteiger charge is -2.16. The van der Waals surface area contributed by atoms with Crippen molar-refractivity contribution in [2.45, 2.75) is 13.3 Å². The molecule has 0 unspecified atom stereocenters. The van der Waals surface area contributed by atoms with Crippen molar-refractivity contribution >= 4 is 10.8 Å². The third kappa shape index (κ3) is 1.50. The topological polar surface area (TPSA) is 0 Å². The fourth-order valence-electron chi connectivity index (χ4n) is 3.24. The van der Waals surface area contributed by atoms with E-state index in [1.807, 2.05) is 0 Å². The molecular formula is C19H15+. The molecule has 0 bridgehead atoms. The van der Waals surface area contributed by atoms with Crippen LogP contribution in [0.15, 0.2) is 54.6 Å². The van der Waals surface area contributed by atoms with Crippen molar-refractivity contribution in [2.75, 3.05) is 0 Å². The highest BCUT2D eigenvalue weighted by atomic mass is 14.2. The van der Waals surface area contributed by atoms with E-state index in [1.165, 1.54) is 38.6 Å². The first-order chi connectivity index (χ1) is 9.34. The number of hydrogen-bond donors (Lipinski definition) is 0. The van der Waals surface area contributed by atoms with Crippen LogP contribution in [0.2, 0.25) is 0 Å². The van der Waals surface area contributed by atoms with Crippen molar-refractivity contribution in [3.63, 3.8) is 0 Å². The van der Waals surface area contributed by atoms with E-state index in [4.69, 9.17) is 0 Å². The molecule has 0 heteroatoms. The number of aryl methyl sites for hydroxylation is 1. The van der Waals surface area contributed by atoms with Gasteiger partial charge in [0.2, 0.25) is 0 Å². The van der Waals surface area contributed by atoms with Gasteiger partial charge in [-0.05, 0) is 36.8 Å². The van der Waals surface area contributed by atoms with E-state index >= 15 is 0 Å². The van der Waals surface area contributed by atoms with Gasteiger partial charge in [0.1, 0.15) is 5.56 Å². The molecule has 0 spiro atoms. The fourth-order valence-corrected chi connectivity index (χ4v) is 3.24. The molecule has 0 saturated carbocycles. The van der Waals surface area contributed by atoms with Crippen molar-refractivity contribution < 1.29 is 0 Å². The van der Waals surface area contributed by atoms with Gasteiger partial charge in [0.25, 0.3) is 0 Å². The van der Waals surface area contributed by atoms with Crippen LogP contribution in [0.5, 0.6) is 0 Å². The predicted octanol–water partition coefficient (Wildman–Crippen LogP) is 4.92. The van der Waals surface area contributed by atoms with Crippen LogP contribution in [-0.2, 0) is 6.42 Å². The van der Waals surface area contributed by atoms with Crippen LogP contribution in [0.3, 0.4) is 0 Å². The molecule has 0 atom stereocenters. The molecule has 3 aromatic carbocycles. The molecule has 0 amide bonds. The van der Waals surface area contributed by atoms with Crippen LogP contribution in [0, 0.1) is 13.3 Å². The molecule has 0 aromatic heterocycles. The van der Waals surface area contributed by atoms with Crippen LogP contribution >= 0.6 is 0 Å². The number of rotatable bonds is 0. The summed E-state index contributed by atoms with van der Waals surface area (Å²) in [6, 6.07) is 19.8. The van der Waals surface area contributed by atoms with Gasteiger partial charge < -0.3 is 0 Å². The molecule has 0 radical (unpaired) electrons. The van der Waals surface area contributed by atoms with Gasteiger partial charge in [-0.25, -0.2) is 0 Å². The van der Waals surface area contributed by atoms with Gasteiger partial charge in [-0.2, -0.15) is 0 Å². The molecule has 0 aliphatic heterocycles.